The van der Waals surface area contributed by atoms with Gasteiger partial charge < -0.3 is 15.0 Å². The van der Waals surface area contributed by atoms with Gasteiger partial charge in [-0.15, -0.1) is 0 Å². The summed E-state index contributed by atoms with van der Waals surface area (Å²) < 4.78 is 35.2. The summed E-state index contributed by atoms with van der Waals surface area (Å²) in [6, 6.07) is 6.83. The minimum atomic E-state index is -0.276. The fourth-order valence-electron chi connectivity index (χ4n) is 4.52. The van der Waals surface area contributed by atoms with E-state index in [1.54, 1.807) is 31.6 Å². The Hall–Kier alpha value is -3.65. The molecule has 4 aromatic rings. The number of anilines is 1. The number of nitrogens with zero attached hydrogens (tertiary/aromatic N) is 4. The van der Waals surface area contributed by atoms with Gasteiger partial charge in [0, 0.05) is 58.7 Å². The maximum atomic E-state index is 15.1. The Bertz CT molecular complexity index is 1390. The number of aromatic nitrogens is 3. The van der Waals surface area contributed by atoms with Gasteiger partial charge in [0.15, 0.2) is 0 Å². The van der Waals surface area contributed by atoms with Crippen molar-refractivity contribution in [1.82, 2.24) is 20.1 Å². The standard InChI is InChI=1S/C26H25F2N5O/c1-15-17(5-4-16(25(15)28)14-33(2)3)19-10-29-26(22-13-32-31-12-20(19)22)30-11-21-18-8-9-34-24(18)7-6-23(21)27/h4-7,10,12-13H,8-9,11,14H2,1-3H3,(H,29,30). The zero-order valence-electron chi connectivity index (χ0n) is 19.3. The maximum Gasteiger partial charge on any atom is 0.135 e. The summed E-state index contributed by atoms with van der Waals surface area (Å²) in [4.78, 5) is 6.53. The number of fused-ring (bicyclic) bond motifs is 2. The van der Waals surface area contributed by atoms with Crippen LogP contribution in [0.2, 0.25) is 0 Å². The average Bonchev–Trinajstić information content (AvgIpc) is 3.30. The summed E-state index contributed by atoms with van der Waals surface area (Å²) in [5.41, 5.74) is 4.18. The number of halogens is 2. The predicted molar refractivity (Wildman–Crippen MR) is 128 cm³/mol. The first-order valence-corrected chi connectivity index (χ1v) is 11.1. The smallest absolute Gasteiger partial charge is 0.135 e. The number of benzene rings is 2. The molecule has 0 spiro atoms. The highest BCUT2D eigenvalue weighted by Gasteiger charge is 2.20. The van der Waals surface area contributed by atoms with Gasteiger partial charge in [0.25, 0.3) is 0 Å². The second-order valence-corrected chi connectivity index (χ2v) is 8.74. The summed E-state index contributed by atoms with van der Waals surface area (Å²) in [7, 11) is 3.82. The molecule has 0 radical (unpaired) electrons. The normalized spacial score (nSPS) is 12.8. The lowest BCUT2D eigenvalue weighted by atomic mass is 9.95. The molecule has 0 amide bonds. The van der Waals surface area contributed by atoms with Crippen molar-refractivity contribution >= 4 is 16.6 Å². The maximum absolute atomic E-state index is 15.1. The van der Waals surface area contributed by atoms with Gasteiger partial charge in [-0.2, -0.15) is 10.2 Å². The Morgan fingerprint density at radius 1 is 1.00 bits per heavy atom. The highest BCUT2D eigenvalue weighted by molar-refractivity contribution is 6.01. The molecule has 1 aliphatic rings. The number of ether oxygens (including phenoxy) is 1. The van der Waals surface area contributed by atoms with Crippen LogP contribution in [0.15, 0.2) is 42.9 Å². The van der Waals surface area contributed by atoms with Crippen molar-refractivity contribution in [2.75, 3.05) is 26.0 Å². The number of hydrogen-bond acceptors (Lipinski definition) is 6. The quantitative estimate of drug-likeness (QED) is 0.441. The van der Waals surface area contributed by atoms with Crippen LogP contribution in [-0.4, -0.2) is 40.8 Å². The van der Waals surface area contributed by atoms with Crippen molar-refractivity contribution in [1.29, 1.82) is 0 Å². The first-order valence-electron chi connectivity index (χ1n) is 11.1. The Kier molecular flexibility index (Phi) is 5.83. The van der Waals surface area contributed by atoms with Crippen molar-refractivity contribution in [3.05, 3.63) is 76.7 Å². The molecule has 8 heteroatoms. The molecule has 1 N–H and O–H groups in total. The van der Waals surface area contributed by atoms with Crippen molar-refractivity contribution < 1.29 is 13.5 Å². The molecule has 0 saturated carbocycles. The van der Waals surface area contributed by atoms with Gasteiger partial charge in [0.2, 0.25) is 0 Å². The summed E-state index contributed by atoms with van der Waals surface area (Å²) in [5, 5.41) is 12.8. The van der Waals surface area contributed by atoms with Gasteiger partial charge >= 0.3 is 0 Å². The molecule has 0 saturated heterocycles. The Morgan fingerprint density at radius 2 is 1.79 bits per heavy atom. The van der Waals surface area contributed by atoms with Gasteiger partial charge in [-0.05, 0) is 44.3 Å². The highest BCUT2D eigenvalue weighted by Crippen LogP contribution is 2.35. The first kappa shape index (κ1) is 22.2. The fourth-order valence-corrected chi connectivity index (χ4v) is 4.52. The number of pyridine rings is 1. The van der Waals surface area contributed by atoms with Crippen LogP contribution < -0.4 is 10.1 Å². The van der Waals surface area contributed by atoms with Crippen LogP contribution in [0.25, 0.3) is 21.9 Å². The van der Waals surface area contributed by atoms with E-state index in [9.17, 15) is 4.39 Å². The summed E-state index contributed by atoms with van der Waals surface area (Å²) in [5.74, 6) is 0.792. The SMILES string of the molecule is Cc1c(-c2cnc(NCc3c(F)ccc4c3CCO4)c3cnncc23)ccc(CN(C)C)c1F. The molecule has 0 unspecified atom stereocenters. The van der Waals surface area contributed by atoms with E-state index < -0.39 is 0 Å². The Balaban J connectivity index is 1.52. The molecule has 2 aromatic heterocycles. The zero-order valence-corrected chi connectivity index (χ0v) is 19.3. The average molecular weight is 462 g/mol. The fraction of sp³-hybridized carbons (Fsp3) is 0.269. The molecule has 2 aromatic carbocycles. The second-order valence-electron chi connectivity index (χ2n) is 8.74. The third-order valence-electron chi connectivity index (χ3n) is 6.21. The molecular weight excluding hydrogens is 436 g/mol. The first-order chi connectivity index (χ1) is 16.4. The van der Waals surface area contributed by atoms with Crippen LogP contribution in [0.4, 0.5) is 14.6 Å². The zero-order chi connectivity index (χ0) is 23.8. The van der Waals surface area contributed by atoms with Gasteiger partial charge in [-0.25, -0.2) is 13.8 Å². The van der Waals surface area contributed by atoms with E-state index in [1.807, 2.05) is 31.1 Å². The summed E-state index contributed by atoms with van der Waals surface area (Å²) in [6.07, 6.45) is 5.65. The molecule has 0 aliphatic carbocycles. The van der Waals surface area contributed by atoms with E-state index in [4.69, 9.17) is 4.74 Å². The third kappa shape index (κ3) is 3.94. The molecule has 1 aliphatic heterocycles. The van der Waals surface area contributed by atoms with E-state index in [0.29, 0.717) is 42.1 Å². The Labute approximate surface area is 196 Å². The van der Waals surface area contributed by atoms with Crippen LogP contribution in [-0.2, 0) is 19.5 Å². The molecule has 6 nitrogen and oxygen atoms in total. The van der Waals surface area contributed by atoms with Crippen LogP contribution in [0.3, 0.4) is 0 Å². The minimum Gasteiger partial charge on any atom is -0.493 e. The number of hydrogen-bond donors (Lipinski definition) is 1. The molecule has 174 valence electrons. The topological polar surface area (TPSA) is 63.2 Å². The lowest BCUT2D eigenvalue weighted by Gasteiger charge is -2.16. The van der Waals surface area contributed by atoms with E-state index in [0.717, 1.165) is 33.2 Å². The van der Waals surface area contributed by atoms with Crippen molar-refractivity contribution in [3.63, 3.8) is 0 Å². The minimum absolute atomic E-state index is 0.223. The van der Waals surface area contributed by atoms with Crippen LogP contribution in [0.5, 0.6) is 5.75 Å². The van der Waals surface area contributed by atoms with Crippen molar-refractivity contribution in [2.24, 2.45) is 0 Å². The highest BCUT2D eigenvalue weighted by atomic mass is 19.1. The summed E-state index contributed by atoms with van der Waals surface area (Å²) in [6.45, 7) is 3.11. The molecule has 34 heavy (non-hydrogen) atoms. The molecule has 3 heterocycles. The van der Waals surface area contributed by atoms with Gasteiger partial charge in [0.05, 0.1) is 19.0 Å². The van der Waals surface area contributed by atoms with E-state index in [1.165, 1.54) is 6.07 Å². The largest absolute Gasteiger partial charge is 0.493 e. The van der Waals surface area contributed by atoms with Crippen molar-refractivity contribution in [3.8, 4) is 16.9 Å². The lowest BCUT2D eigenvalue weighted by Crippen LogP contribution is -2.12. The van der Waals surface area contributed by atoms with E-state index >= 15 is 4.39 Å². The number of nitrogens with one attached hydrogen (secondary N) is 1. The molecule has 0 fully saturated rings. The van der Waals surface area contributed by atoms with Crippen molar-refractivity contribution in [2.45, 2.75) is 26.4 Å². The van der Waals surface area contributed by atoms with Crippen LogP contribution in [0, 0.1) is 18.6 Å². The molecular formula is C26H25F2N5O. The molecule has 0 bridgehead atoms. The molecule has 5 rings (SSSR count). The van der Waals surface area contributed by atoms with Gasteiger partial charge in [-0.3, -0.25) is 0 Å². The predicted octanol–water partition coefficient (Wildman–Crippen LogP) is 4.89. The van der Waals surface area contributed by atoms with Gasteiger partial charge in [-0.1, -0.05) is 12.1 Å². The third-order valence-corrected chi connectivity index (χ3v) is 6.21. The van der Waals surface area contributed by atoms with E-state index in [2.05, 4.69) is 20.5 Å². The monoisotopic (exact) mass is 461 g/mol. The molecule has 0 atom stereocenters. The van der Waals surface area contributed by atoms with Crippen LogP contribution in [0.1, 0.15) is 22.3 Å². The Morgan fingerprint density at radius 3 is 2.59 bits per heavy atom. The summed E-state index contributed by atoms with van der Waals surface area (Å²) >= 11 is 0. The van der Waals surface area contributed by atoms with Crippen LogP contribution >= 0.6 is 0 Å². The van der Waals surface area contributed by atoms with E-state index in [-0.39, 0.29) is 18.2 Å². The van der Waals surface area contributed by atoms with Gasteiger partial charge in [0.1, 0.15) is 23.2 Å². The lowest BCUT2D eigenvalue weighted by molar-refractivity contribution is 0.356. The second kappa shape index (κ2) is 8.95. The number of rotatable bonds is 6.